The molecule has 1 fully saturated rings. The minimum Gasteiger partial charge on any atom is -0.454 e. The number of ether oxygens (including phenoxy) is 2. The fourth-order valence-corrected chi connectivity index (χ4v) is 2.34. The number of benzene rings is 1. The molecule has 1 unspecified atom stereocenters. The lowest BCUT2D eigenvalue weighted by Crippen LogP contribution is -2.24. The molecule has 1 aromatic rings. The first-order valence-electron chi connectivity index (χ1n) is 5.39. The van der Waals surface area contributed by atoms with Crippen LogP contribution in [-0.2, 0) is 5.41 Å². The molecular weight excluding hydrogens is 190 g/mol. The van der Waals surface area contributed by atoms with Crippen molar-refractivity contribution in [2.24, 2.45) is 0 Å². The van der Waals surface area contributed by atoms with Crippen LogP contribution in [-0.4, -0.2) is 19.9 Å². The topological polar surface area (TPSA) is 30.5 Å². The second-order valence-electron chi connectivity index (χ2n) is 4.56. The van der Waals surface area contributed by atoms with Gasteiger partial charge in [-0.15, -0.1) is 0 Å². The van der Waals surface area contributed by atoms with Gasteiger partial charge in [0.2, 0.25) is 6.79 Å². The fraction of sp³-hybridized carbons (Fsp3) is 0.500. The molecule has 0 radical (unpaired) electrons. The van der Waals surface area contributed by atoms with Crippen LogP contribution < -0.4 is 14.8 Å². The number of hydrogen-bond acceptors (Lipinski definition) is 3. The Bertz CT molecular complexity index is 383. The summed E-state index contributed by atoms with van der Waals surface area (Å²) in [5.74, 6) is 1.76. The standard InChI is InChI=1S/C12H15NO2/c1-12(4-5-13-7-12)9-2-3-10-11(6-9)15-8-14-10/h2-3,6,13H,4-5,7-8H2,1H3. The summed E-state index contributed by atoms with van der Waals surface area (Å²) in [5.41, 5.74) is 1.60. The molecule has 1 N–H and O–H groups in total. The van der Waals surface area contributed by atoms with Crippen molar-refractivity contribution in [3.8, 4) is 11.5 Å². The molecule has 0 bridgehead atoms. The Hall–Kier alpha value is -1.22. The third kappa shape index (κ3) is 1.38. The minimum atomic E-state index is 0.251. The molecular formula is C12H15NO2. The third-order valence-electron chi connectivity index (χ3n) is 3.44. The second kappa shape index (κ2) is 3.14. The fourth-order valence-electron chi connectivity index (χ4n) is 2.34. The van der Waals surface area contributed by atoms with Crippen LogP contribution in [0.4, 0.5) is 0 Å². The van der Waals surface area contributed by atoms with Gasteiger partial charge < -0.3 is 14.8 Å². The number of rotatable bonds is 1. The molecule has 15 heavy (non-hydrogen) atoms. The van der Waals surface area contributed by atoms with E-state index < -0.39 is 0 Å². The molecule has 2 aliphatic rings. The van der Waals surface area contributed by atoms with E-state index in [0.29, 0.717) is 6.79 Å². The first-order chi connectivity index (χ1) is 7.28. The van der Waals surface area contributed by atoms with Gasteiger partial charge >= 0.3 is 0 Å². The summed E-state index contributed by atoms with van der Waals surface area (Å²) in [5, 5.41) is 3.41. The normalized spacial score (nSPS) is 28.3. The Morgan fingerprint density at radius 1 is 1.27 bits per heavy atom. The van der Waals surface area contributed by atoms with Gasteiger partial charge in [-0.3, -0.25) is 0 Å². The van der Waals surface area contributed by atoms with Crippen molar-refractivity contribution in [3.05, 3.63) is 23.8 Å². The van der Waals surface area contributed by atoms with Gasteiger partial charge in [-0.25, -0.2) is 0 Å². The molecule has 3 rings (SSSR count). The SMILES string of the molecule is CC1(c2ccc3c(c2)OCO3)CCNC1. The number of fused-ring (bicyclic) bond motifs is 1. The van der Waals surface area contributed by atoms with Crippen molar-refractivity contribution in [2.75, 3.05) is 19.9 Å². The zero-order chi connectivity index (χ0) is 10.3. The molecule has 1 saturated heterocycles. The molecule has 1 aromatic carbocycles. The smallest absolute Gasteiger partial charge is 0.231 e. The van der Waals surface area contributed by atoms with Gasteiger partial charge in [-0.1, -0.05) is 13.0 Å². The minimum absolute atomic E-state index is 0.251. The van der Waals surface area contributed by atoms with Crippen molar-refractivity contribution in [1.29, 1.82) is 0 Å². The van der Waals surface area contributed by atoms with Crippen LogP contribution in [0.15, 0.2) is 18.2 Å². The molecule has 80 valence electrons. The Morgan fingerprint density at radius 3 is 2.93 bits per heavy atom. The Balaban J connectivity index is 1.98. The molecule has 0 aliphatic carbocycles. The summed E-state index contributed by atoms with van der Waals surface area (Å²) in [6, 6.07) is 6.29. The van der Waals surface area contributed by atoms with E-state index in [-0.39, 0.29) is 5.41 Å². The summed E-state index contributed by atoms with van der Waals surface area (Å²) >= 11 is 0. The monoisotopic (exact) mass is 205 g/mol. The lowest BCUT2D eigenvalue weighted by Gasteiger charge is -2.23. The maximum Gasteiger partial charge on any atom is 0.231 e. The highest BCUT2D eigenvalue weighted by molar-refractivity contribution is 5.46. The molecule has 2 heterocycles. The van der Waals surface area contributed by atoms with Gasteiger partial charge in [-0.2, -0.15) is 0 Å². The van der Waals surface area contributed by atoms with Crippen molar-refractivity contribution < 1.29 is 9.47 Å². The summed E-state index contributed by atoms with van der Waals surface area (Å²) in [6.45, 7) is 4.80. The lowest BCUT2D eigenvalue weighted by atomic mass is 9.82. The van der Waals surface area contributed by atoms with E-state index >= 15 is 0 Å². The summed E-state index contributed by atoms with van der Waals surface area (Å²) in [6.07, 6.45) is 1.19. The van der Waals surface area contributed by atoms with Crippen molar-refractivity contribution >= 4 is 0 Å². The van der Waals surface area contributed by atoms with Gasteiger partial charge in [0.15, 0.2) is 11.5 Å². The number of hydrogen-bond donors (Lipinski definition) is 1. The molecule has 0 aromatic heterocycles. The van der Waals surface area contributed by atoms with Crippen LogP contribution in [0.5, 0.6) is 11.5 Å². The largest absolute Gasteiger partial charge is 0.454 e. The summed E-state index contributed by atoms with van der Waals surface area (Å²) in [4.78, 5) is 0. The lowest BCUT2D eigenvalue weighted by molar-refractivity contribution is 0.174. The van der Waals surface area contributed by atoms with Gasteiger partial charge in [0.05, 0.1) is 0 Å². The average Bonchev–Trinajstić information content (AvgIpc) is 2.85. The van der Waals surface area contributed by atoms with E-state index in [1.54, 1.807) is 0 Å². The molecule has 0 amide bonds. The van der Waals surface area contributed by atoms with Gasteiger partial charge in [0, 0.05) is 12.0 Å². The summed E-state index contributed by atoms with van der Waals surface area (Å²) < 4.78 is 10.7. The van der Waals surface area contributed by atoms with Crippen molar-refractivity contribution in [2.45, 2.75) is 18.8 Å². The van der Waals surface area contributed by atoms with Crippen LogP contribution in [0, 0.1) is 0 Å². The highest BCUT2D eigenvalue weighted by atomic mass is 16.7. The Labute approximate surface area is 89.4 Å². The maximum absolute atomic E-state index is 5.40. The van der Waals surface area contributed by atoms with Crippen LogP contribution in [0.2, 0.25) is 0 Å². The van der Waals surface area contributed by atoms with Crippen molar-refractivity contribution in [1.82, 2.24) is 5.32 Å². The van der Waals surface area contributed by atoms with Crippen LogP contribution in [0.3, 0.4) is 0 Å². The molecule has 0 spiro atoms. The van der Waals surface area contributed by atoms with Crippen LogP contribution in [0.1, 0.15) is 18.9 Å². The zero-order valence-corrected chi connectivity index (χ0v) is 8.88. The first-order valence-corrected chi connectivity index (χ1v) is 5.39. The molecule has 1 atom stereocenters. The zero-order valence-electron chi connectivity index (χ0n) is 8.88. The third-order valence-corrected chi connectivity index (χ3v) is 3.44. The molecule has 2 aliphatic heterocycles. The predicted octanol–water partition coefficient (Wildman–Crippen LogP) is 1.67. The molecule has 3 heteroatoms. The second-order valence-corrected chi connectivity index (χ2v) is 4.56. The maximum atomic E-state index is 5.40. The van der Waals surface area contributed by atoms with Gasteiger partial charge in [-0.05, 0) is 30.7 Å². The number of nitrogens with one attached hydrogen (secondary N) is 1. The Kier molecular flexibility index (Phi) is 1.89. The molecule has 0 saturated carbocycles. The van der Waals surface area contributed by atoms with E-state index in [1.807, 2.05) is 6.07 Å². The quantitative estimate of drug-likeness (QED) is 0.756. The molecule has 3 nitrogen and oxygen atoms in total. The highest BCUT2D eigenvalue weighted by Crippen LogP contribution is 2.38. The Morgan fingerprint density at radius 2 is 2.13 bits per heavy atom. The van der Waals surface area contributed by atoms with Crippen LogP contribution in [0.25, 0.3) is 0 Å². The van der Waals surface area contributed by atoms with Gasteiger partial charge in [0.1, 0.15) is 0 Å². The van der Waals surface area contributed by atoms with E-state index in [2.05, 4.69) is 24.4 Å². The predicted molar refractivity (Wildman–Crippen MR) is 57.4 cm³/mol. The van der Waals surface area contributed by atoms with E-state index in [4.69, 9.17) is 9.47 Å². The van der Waals surface area contributed by atoms with Gasteiger partial charge in [0.25, 0.3) is 0 Å². The average molecular weight is 205 g/mol. The highest BCUT2D eigenvalue weighted by Gasteiger charge is 2.31. The first kappa shape index (κ1) is 9.04. The van der Waals surface area contributed by atoms with E-state index in [1.165, 1.54) is 12.0 Å². The van der Waals surface area contributed by atoms with Crippen LogP contribution >= 0.6 is 0 Å². The van der Waals surface area contributed by atoms with E-state index in [0.717, 1.165) is 24.6 Å². The van der Waals surface area contributed by atoms with E-state index in [9.17, 15) is 0 Å². The van der Waals surface area contributed by atoms with Crippen molar-refractivity contribution in [3.63, 3.8) is 0 Å². The summed E-state index contributed by atoms with van der Waals surface area (Å²) in [7, 11) is 0.